The third kappa shape index (κ3) is 4.02. The molecule has 0 radical (unpaired) electrons. The molecule has 0 saturated carbocycles. The van der Waals surface area contributed by atoms with Crippen molar-refractivity contribution in [3.8, 4) is 0 Å². The van der Waals surface area contributed by atoms with Crippen LogP contribution < -0.4 is 9.80 Å². The number of piperidine rings is 1. The first-order valence-electron chi connectivity index (χ1n) is 8.44. The number of nitrogens with zero attached hydrogens (tertiary/aromatic N) is 1. The van der Waals surface area contributed by atoms with Crippen molar-refractivity contribution in [1.29, 1.82) is 0 Å². The molecule has 2 saturated heterocycles. The molecule has 0 spiro atoms. The Hall–Kier alpha value is -0.970. The second kappa shape index (κ2) is 6.86. The Bertz CT molecular complexity index is 421. The van der Waals surface area contributed by atoms with Crippen molar-refractivity contribution in [2.24, 2.45) is 0 Å². The van der Waals surface area contributed by atoms with E-state index in [4.69, 9.17) is 4.74 Å². The number of nitrogens with one attached hydrogen (secondary N) is 2. The first-order valence-corrected chi connectivity index (χ1v) is 8.44. The third-order valence-electron chi connectivity index (χ3n) is 4.99. The molecule has 1 aromatic heterocycles. The SMILES string of the molecule is CC1C[NH+](C2CC[NH+](Cc3ccccn3)CC2)CC(C)O1. The van der Waals surface area contributed by atoms with E-state index in [9.17, 15) is 0 Å². The third-order valence-corrected chi connectivity index (χ3v) is 4.99. The summed E-state index contributed by atoms with van der Waals surface area (Å²) in [5.74, 6) is 0. The van der Waals surface area contributed by atoms with E-state index in [1.165, 1.54) is 44.7 Å². The summed E-state index contributed by atoms with van der Waals surface area (Å²) in [5.41, 5.74) is 1.23. The smallest absolute Gasteiger partial charge is 0.120 e. The summed E-state index contributed by atoms with van der Waals surface area (Å²) < 4.78 is 5.87. The normalized spacial score (nSPS) is 37.3. The molecule has 0 amide bonds. The number of pyridine rings is 1. The highest BCUT2D eigenvalue weighted by atomic mass is 16.5. The van der Waals surface area contributed by atoms with E-state index in [0.29, 0.717) is 12.2 Å². The van der Waals surface area contributed by atoms with Crippen molar-refractivity contribution in [3.05, 3.63) is 30.1 Å². The number of rotatable bonds is 3. The lowest BCUT2D eigenvalue weighted by Crippen LogP contribution is -3.22. The average Bonchev–Trinajstić information content (AvgIpc) is 2.48. The number of likely N-dealkylation sites (tertiary alicyclic amines) is 1. The highest BCUT2D eigenvalue weighted by Crippen LogP contribution is 2.03. The van der Waals surface area contributed by atoms with E-state index in [-0.39, 0.29) is 0 Å². The van der Waals surface area contributed by atoms with Crippen LogP contribution in [0.1, 0.15) is 32.4 Å². The van der Waals surface area contributed by atoms with Crippen LogP contribution in [0.3, 0.4) is 0 Å². The molecule has 2 aliphatic rings. The van der Waals surface area contributed by atoms with Crippen LogP contribution in [0.2, 0.25) is 0 Å². The summed E-state index contributed by atoms with van der Waals surface area (Å²) in [5, 5.41) is 0. The van der Waals surface area contributed by atoms with Crippen LogP contribution in [0.15, 0.2) is 24.4 Å². The van der Waals surface area contributed by atoms with Crippen LogP contribution in [-0.2, 0) is 11.3 Å². The zero-order chi connectivity index (χ0) is 14.7. The van der Waals surface area contributed by atoms with Gasteiger partial charge < -0.3 is 14.5 Å². The number of hydrogen-bond donors (Lipinski definition) is 2. The maximum Gasteiger partial charge on any atom is 0.120 e. The molecule has 3 heterocycles. The Labute approximate surface area is 128 Å². The van der Waals surface area contributed by atoms with Gasteiger partial charge in [-0.2, -0.15) is 0 Å². The number of hydrogen-bond acceptors (Lipinski definition) is 2. The molecule has 1 aromatic rings. The number of aromatic nitrogens is 1. The maximum atomic E-state index is 5.87. The fourth-order valence-electron chi connectivity index (χ4n) is 4.02. The summed E-state index contributed by atoms with van der Waals surface area (Å²) >= 11 is 0. The largest absolute Gasteiger partial charge is 0.364 e. The molecule has 0 bridgehead atoms. The quantitative estimate of drug-likeness (QED) is 0.773. The highest BCUT2D eigenvalue weighted by molar-refractivity contribution is 5.01. The number of ether oxygens (including phenoxy) is 1. The van der Waals surface area contributed by atoms with Crippen molar-refractivity contribution in [3.63, 3.8) is 0 Å². The predicted molar refractivity (Wildman–Crippen MR) is 82.4 cm³/mol. The first kappa shape index (κ1) is 14.9. The standard InChI is InChI=1S/C17H27N3O/c1-14-11-20(12-15(2)21-14)17-6-9-19(10-7-17)13-16-5-3-4-8-18-16/h3-5,8,14-15,17H,6-7,9-13H2,1-2H3/p+2. The Kier molecular flexibility index (Phi) is 4.88. The maximum absolute atomic E-state index is 5.87. The van der Waals surface area contributed by atoms with E-state index >= 15 is 0 Å². The summed E-state index contributed by atoms with van der Waals surface area (Å²) in [4.78, 5) is 7.93. The molecule has 2 atom stereocenters. The zero-order valence-electron chi connectivity index (χ0n) is 13.3. The Balaban J connectivity index is 1.48. The molecule has 21 heavy (non-hydrogen) atoms. The van der Waals surface area contributed by atoms with Crippen LogP contribution in [0.5, 0.6) is 0 Å². The molecule has 2 fully saturated rings. The van der Waals surface area contributed by atoms with Gasteiger partial charge >= 0.3 is 0 Å². The fraction of sp³-hybridized carbons (Fsp3) is 0.706. The molecule has 3 rings (SSSR count). The van der Waals surface area contributed by atoms with E-state index in [1.54, 1.807) is 9.80 Å². The highest BCUT2D eigenvalue weighted by Gasteiger charge is 2.35. The van der Waals surface area contributed by atoms with Gasteiger partial charge in [0.15, 0.2) is 0 Å². The van der Waals surface area contributed by atoms with Gasteiger partial charge in [-0.1, -0.05) is 6.07 Å². The molecule has 2 aliphatic heterocycles. The predicted octanol–water partition coefficient (Wildman–Crippen LogP) is -0.679. The lowest BCUT2D eigenvalue weighted by Gasteiger charge is -2.39. The lowest BCUT2D eigenvalue weighted by atomic mass is 10.0. The van der Waals surface area contributed by atoms with E-state index < -0.39 is 0 Å². The van der Waals surface area contributed by atoms with E-state index in [2.05, 4.69) is 31.0 Å². The van der Waals surface area contributed by atoms with Gasteiger partial charge in [0, 0.05) is 19.0 Å². The van der Waals surface area contributed by atoms with Crippen molar-refractivity contribution >= 4 is 0 Å². The van der Waals surface area contributed by atoms with Gasteiger partial charge in [-0.25, -0.2) is 0 Å². The first-order chi connectivity index (χ1) is 10.2. The van der Waals surface area contributed by atoms with Gasteiger partial charge in [0.25, 0.3) is 0 Å². The molecule has 2 N–H and O–H groups in total. The van der Waals surface area contributed by atoms with E-state index in [0.717, 1.165) is 12.6 Å². The van der Waals surface area contributed by atoms with Gasteiger partial charge in [-0.05, 0) is 26.0 Å². The Morgan fingerprint density at radius 3 is 2.48 bits per heavy atom. The Morgan fingerprint density at radius 2 is 1.86 bits per heavy atom. The molecule has 0 aromatic carbocycles. The Morgan fingerprint density at radius 1 is 1.14 bits per heavy atom. The molecule has 4 heteroatoms. The van der Waals surface area contributed by atoms with Gasteiger partial charge in [0.1, 0.15) is 31.8 Å². The molecule has 2 unspecified atom stereocenters. The van der Waals surface area contributed by atoms with Crippen molar-refractivity contribution < 1.29 is 14.5 Å². The molecule has 0 aliphatic carbocycles. The summed E-state index contributed by atoms with van der Waals surface area (Å²) in [6, 6.07) is 7.08. The molecule has 116 valence electrons. The van der Waals surface area contributed by atoms with Crippen LogP contribution in [-0.4, -0.2) is 49.4 Å². The minimum absolute atomic E-state index is 0.419. The molecular weight excluding hydrogens is 262 g/mol. The summed E-state index contributed by atoms with van der Waals surface area (Å²) in [6.07, 6.45) is 5.43. The zero-order valence-corrected chi connectivity index (χ0v) is 13.3. The van der Waals surface area contributed by atoms with Gasteiger partial charge in [-0.15, -0.1) is 0 Å². The van der Waals surface area contributed by atoms with Crippen molar-refractivity contribution in [2.75, 3.05) is 26.2 Å². The van der Waals surface area contributed by atoms with Crippen LogP contribution >= 0.6 is 0 Å². The molecule has 4 nitrogen and oxygen atoms in total. The van der Waals surface area contributed by atoms with Crippen LogP contribution in [0.25, 0.3) is 0 Å². The topological polar surface area (TPSA) is 31.0 Å². The lowest BCUT2D eigenvalue weighted by molar-refractivity contribution is -0.970. The minimum atomic E-state index is 0.419. The van der Waals surface area contributed by atoms with Gasteiger partial charge in [0.2, 0.25) is 0 Å². The minimum Gasteiger partial charge on any atom is -0.364 e. The van der Waals surface area contributed by atoms with Gasteiger partial charge in [-0.3, -0.25) is 4.98 Å². The van der Waals surface area contributed by atoms with Crippen LogP contribution in [0.4, 0.5) is 0 Å². The summed E-state index contributed by atoms with van der Waals surface area (Å²) in [6.45, 7) is 10.5. The summed E-state index contributed by atoms with van der Waals surface area (Å²) in [7, 11) is 0. The second-order valence-corrected chi connectivity index (χ2v) is 6.85. The molecular formula is C17H29N3O+2. The van der Waals surface area contributed by atoms with Gasteiger partial charge in [0.05, 0.1) is 24.8 Å². The van der Waals surface area contributed by atoms with Crippen molar-refractivity contribution in [1.82, 2.24) is 4.98 Å². The van der Waals surface area contributed by atoms with Crippen molar-refractivity contribution in [2.45, 2.75) is 51.5 Å². The number of quaternary nitrogens is 2. The monoisotopic (exact) mass is 291 g/mol. The number of morpholine rings is 1. The fourth-order valence-corrected chi connectivity index (χ4v) is 4.02. The van der Waals surface area contributed by atoms with E-state index in [1.807, 2.05) is 12.3 Å². The average molecular weight is 291 g/mol. The second-order valence-electron chi connectivity index (χ2n) is 6.85. The van der Waals surface area contributed by atoms with Crippen LogP contribution in [0, 0.1) is 0 Å².